The van der Waals surface area contributed by atoms with E-state index >= 15 is 0 Å². The molecule has 0 radical (unpaired) electrons. The molecule has 2 aromatic rings. The van der Waals surface area contributed by atoms with Gasteiger partial charge in [0, 0.05) is 12.3 Å². The lowest BCUT2D eigenvalue weighted by molar-refractivity contribution is 0.453. The molecule has 0 fully saturated rings. The zero-order valence-electron chi connectivity index (χ0n) is 10.6. The zero-order chi connectivity index (χ0) is 13.1. The van der Waals surface area contributed by atoms with E-state index in [9.17, 15) is 0 Å². The van der Waals surface area contributed by atoms with E-state index in [4.69, 9.17) is 16.3 Å². The van der Waals surface area contributed by atoms with Gasteiger partial charge in [-0.25, -0.2) is 4.98 Å². The molecule has 0 spiro atoms. The highest BCUT2D eigenvalue weighted by Crippen LogP contribution is 2.30. The maximum Gasteiger partial charge on any atom is 0.225 e. The third-order valence-electron chi connectivity index (χ3n) is 2.61. The number of hydrogen-bond donors (Lipinski definition) is 0. The largest absolute Gasteiger partial charge is 0.439 e. The van der Waals surface area contributed by atoms with Crippen LogP contribution in [0.1, 0.15) is 30.9 Å². The average molecular weight is 263 g/mol. The Morgan fingerprint density at radius 1 is 1.22 bits per heavy atom. The summed E-state index contributed by atoms with van der Waals surface area (Å²) >= 11 is 5.74. The Morgan fingerprint density at radius 3 is 2.67 bits per heavy atom. The first-order valence-corrected chi connectivity index (χ1v) is 6.21. The fourth-order valence-corrected chi connectivity index (χ4v) is 1.84. The van der Waals surface area contributed by atoms with Crippen LogP contribution in [0.3, 0.4) is 0 Å². The standard InChI is InChI=1S/C14H15ClN2O/c1-9(2)11-5-4-10(3)8-12(11)18-13-6-7-16-14(15)17-13/h4-9H,1-3H3. The topological polar surface area (TPSA) is 35.0 Å². The molecule has 0 atom stereocenters. The van der Waals surface area contributed by atoms with Gasteiger partial charge in [-0.3, -0.25) is 0 Å². The first-order chi connectivity index (χ1) is 8.56. The van der Waals surface area contributed by atoms with E-state index in [0.29, 0.717) is 11.8 Å². The molecule has 1 heterocycles. The summed E-state index contributed by atoms with van der Waals surface area (Å²) in [5, 5.41) is 0.186. The molecule has 0 aliphatic rings. The average Bonchev–Trinajstić information content (AvgIpc) is 2.28. The Morgan fingerprint density at radius 2 is 2.00 bits per heavy atom. The first-order valence-electron chi connectivity index (χ1n) is 5.83. The summed E-state index contributed by atoms with van der Waals surface area (Å²) in [7, 11) is 0. The van der Waals surface area contributed by atoms with Gasteiger partial charge < -0.3 is 4.74 Å². The van der Waals surface area contributed by atoms with Crippen LogP contribution in [0.15, 0.2) is 30.5 Å². The second-order valence-corrected chi connectivity index (χ2v) is 4.80. The van der Waals surface area contributed by atoms with Crippen LogP contribution in [0.2, 0.25) is 5.28 Å². The SMILES string of the molecule is Cc1ccc(C(C)C)c(Oc2ccnc(Cl)n2)c1. The predicted octanol–water partition coefficient (Wildman–Crippen LogP) is 4.35. The summed E-state index contributed by atoms with van der Waals surface area (Å²) in [4.78, 5) is 7.86. The second kappa shape index (κ2) is 5.36. The summed E-state index contributed by atoms with van der Waals surface area (Å²) in [6.07, 6.45) is 1.58. The Labute approximate surface area is 112 Å². The normalized spacial score (nSPS) is 10.7. The molecule has 0 saturated heterocycles. The minimum Gasteiger partial charge on any atom is -0.439 e. The maximum atomic E-state index is 5.80. The Hall–Kier alpha value is -1.61. The van der Waals surface area contributed by atoms with Crippen LogP contribution < -0.4 is 4.74 Å². The van der Waals surface area contributed by atoms with Crippen molar-refractivity contribution in [3.63, 3.8) is 0 Å². The lowest BCUT2D eigenvalue weighted by Crippen LogP contribution is -1.96. The molecule has 0 N–H and O–H groups in total. The van der Waals surface area contributed by atoms with Crippen LogP contribution in [-0.4, -0.2) is 9.97 Å². The Kier molecular flexibility index (Phi) is 3.82. The van der Waals surface area contributed by atoms with Gasteiger partial charge in [0.1, 0.15) is 5.75 Å². The van der Waals surface area contributed by atoms with Crippen molar-refractivity contribution < 1.29 is 4.74 Å². The van der Waals surface area contributed by atoms with Crippen LogP contribution in [0.4, 0.5) is 0 Å². The minimum atomic E-state index is 0.186. The van der Waals surface area contributed by atoms with Crippen molar-refractivity contribution >= 4 is 11.6 Å². The molecule has 18 heavy (non-hydrogen) atoms. The monoisotopic (exact) mass is 262 g/mol. The van der Waals surface area contributed by atoms with Crippen molar-refractivity contribution in [2.24, 2.45) is 0 Å². The van der Waals surface area contributed by atoms with E-state index in [1.165, 1.54) is 0 Å². The molecular formula is C14H15ClN2O. The Bertz CT molecular complexity index is 555. The predicted molar refractivity (Wildman–Crippen MR) is 72.4 cm³/mol. The molecule has 0 bridgehead atoms. The third kappa shape index (κ3) is 2.99. The number of hydrogen-bond acceptors (Lipinski definition) is 3. The lowest BCUT2D eigenvalue weighted by Gasteiger charge is -2.13. The number of benzene rings is 1. The summed E-state index contributed by atoms with van der Waals surface area (Å²) in [5.41, 5.74) is 2.30. The van der Waals surface area contributed by atoms with Gasteiger partial charge in [-0.2, -0.15) is 4.98 Å². The van der Waals surface area contributed by atoms with Crippen LogP contribution in [0.25, 0.3) is 0 Å². The quantitative estimate of drug-likeness (QED) is 0.771. The van der Waals surface area contributed by atoms with Crippen LogP contribution in [0, 0.1) is 6.92 Å². The van der Waals surface area contributed by atoms with Crippen molar-refractivity contribution in [2.45, 2.75) is 26.7 Å². The third-order valence-corrected chi connectivity index (χ3v) is 2.79. The van der Waals surface area contributed by atoms with Gasteiger partial charge in [-0.05, 0) is 41.6 Å². The van der Waals surface area contributed by atoms with Gasteiger partial charge in [0.25, 0.3) is 0 Å². The van der Waals surface area contributed by atoms with Crippen LogP contribution in [-0.2, 0) is 0 Å². The molecule has 0 saturated carbocycles. The molecule has 0 unspecified atom stereocenters. The van der Waals surface area contributed by atoms with Crippen LogP contribution in [0.5, 0.6) is 11.6 Å². The van der Waals surface area contributed by atoms with E-state index in [1.54, 1.807) is 12.3 Å². The molecule has 0 aliphatic heterocycles. The van der Waals surface area contributed by atoms with Gasteiger partial charge in [-0.15, -0.1) is 0 Å². The van der Waals surface area contributed by atoms with Crippen molar-refractivity contribution in [1.82, 2.24) is 9.97 Å². The van der Waals surface area contributed by atoms with Crippen molar-refractivity contribution in [1.29, 1.82) is 0 Å². The zero-order valence-corrected chi connectivity index (χ0v) is 11.4. The molecular weight excluding hydrogens is 248 g/mol. The minimum absolute atomic E-state index is 0.186. The van der Waals surface area contributed by atoms with Gasteiger partial charge in [0.2, 0.25) is 11.2 Å². The van der Waals surface area contributed by atoms with Crippen molar-refractivity contribution in [3.05, 3.63) is 46.9 Å². The summed E-state index contributed by atoms with van der Waals surface area (Å²) in [5.74, 6) is 1.67. The van der Waals surface area contributed by atoms with Gasteiger partial charge >= 0.3 is 0 Å². The first kappa shape index (κ1) is 12.8. The van der Waals surface area contributed by atoms with E-state index in [-0.39, 0.29) is 5.28 Å². The van der Waals surface area contributed by atoms with E-state index in [2.05, 4.69) is 35.9 Å². The number of ether oxygens (including phenoxy) is 1. The maximum absolute atomic E-state index is 5.80. The van der Waals surface area contributed by atoms with E-state index < -0.39 is 0 Å². The summed E-state index contributed by atoms with van der Waals surface area (Å²) < 4.78 is 5.80. The lowest BCUT2D eigenvalue weighted by atomic mass is 10.0. The van der Waals surface area contributed by atoms with Gasteiger partial charge in [-0.1, -0.05) is 26.0 Å². The van der Waals surface area contributed by atoms with Crippen LogP contribution >= 0.6 is 11.6 Å². The van der Waals surface area contributed by atoms with Gasteiger partial charge in [0.15, 0.2) is 0 Å². The fraction of sp³-hybridized carbons (Fsp3) is 0.286. The highest BCUT2D eigenvalue weighted by molar-refractivity contribution is 6.28. The second-order valence-electron chi connectivity index (χ2n) is 4.46. The molecule has 2 rings (SSSR count). The molecule has 1 aromatic carbocycles. The van der Waals surface area contributed by atoms with Crippen molar-refractivity contribution in [2.75, 3.05) is 0 Å². The number of halogens is 1. The number of nitrogens with zero attached hydrogens (tertiary/aromatic N) is 2. The molecule has 94 valence electrons. The smallest absolute Gasteiger partial charge is 0.225 e. The molecule has 1 aromatic heterocycles. The number of aryl methyl sites for hydroxylation is 1. The fourth-order valence-electron chi connectivity index (χ4n) is 1.70. The summed E-state index contributed by atoms with van der Waals surface area (Å²) in [6.45, 7) is 6.29. The summed E-state index contributed by atoms with van der Waals surface area (Å²) in [6, 6.07) is 7.86. The number of aromatic nitrogens is 2. The molecule has 0 aliphatic carbocycles. The highest BCUT2D eigenvalue weighted by Gasteiger charge is 2.10. The van der Waals surface area contributed by atoms with E-state index in [1.807, 2.05) is 13.0 Å². The van der Waals surface area contributed by atoms with Gasteiger partial charge in [0.05, 0.1) is 0 Å². The molecule has 4 heteroatoms. The molecule has 0 amide bonds. The molecule has 3 nitrogen and oxygen atoms in total. The van der Waals surface area contributed by atoms with Crippen molar-refractivity contribution in [3.8, 4) is 11.6 Å². The number of rotatable bonds is 3. The van der Waals surface area contributed by atoms with E-state index in [0.717, 1.165) is 16.9 Å². The highest BCUT2D eigenvalue weighted by atomic mass is 35.5. The Balaban J connectivity index is 2.36.